The maximum absolute atomic E-state index is 14.2. The van der Waals surface area contributed by atoms with E-state index in [1.807, 2.05) is 6.92 Å². The Kier molecular flexibility index (Phi) is 7.09. The molecule has 0 aliphatic carbocycles. The van der Waals surface area contributed by atoms with Gasteiger partial charge in [-0.3, -0.25) is 9.59 Å². The van der Waals surface area contributed by atoms with Gasteiger partial charge in [0, 0.05) is 18.0 Å². The molecule has 6 nitrogen and oxygen atoms in total. The van der Waals surface area contributed by atoms with Crippen molar-refractivity contribution in [3.8, 4) is 11.8 Å². The SMILES string of the molecule is CCOc1ccc(NC(=O)CSC2=C(C#N)[C@@H](c3ccccc3F)CC(=O)N2)cc1. The van der Waals surface area contributed by atoms with Crippen molar-refractivity contribution in [2.24, 2.45) is 0 Å². The van der Waals surface area contributed by atoms with E-state index in [2.05, 4.69) is 16.7 Å². The van der Waals surface area contributed by atoms with E-state index in [9.17, 15) is 19.2 Å². The monoisotopic (exact) mass is 425 g/mol. The van der Waals surface area contributed by atoms with Crippen LogP contribution in [-0.4, -0.2) is 24.2 Å². The molecule has 0 aromatic heterocycles. The molecule has 0 spiro atoms. The number of thioether (sulfide) groups is 1. The summed E-state index contributed by atoms with van der Waals surface area (Å²) in [6, 6.07) is 15.1. The molecule has 0 unspecified atom stereocenters. The number of rotatable bonds is 7. The van der Waals surface area contributed by atoms with Gasteiger partial charge in [-0.1, -0.05) is 30.0 Å². The molecule has 1 heterocycles. The number of halogens is 1. The summed E-state index contributed by atoms with van der Waals surface area (Å²) in [6.07, 6.45) is -0.0216. The molecular weight excluding hydrogens is 405 g/mol. The molecule has 0 saturated carbocycles. The highest BCUT2D eigenvalue weighted by Gasteiger charge is 2.31. The van der Waals surface area contributed by atoms with Gasteiger partial charge in [-0.2, -0.15) is 5.26 Å². The van der Waals surface area contributed by atoms with E-state index < -0.39 is 11.7 Å². The molecular formula is C22H20FN3O3S. The Balaban J connectivity index is 1.70. The zero-order valence-electron chi connectivity index (χ0n) is 16.3. The maximum atomic E-state index is 14.2. The van der Waals surface area contributed by atoms with Gasteiger partial charge in [0.2, 0.25) is 11.8 Å². The van der Waals surface area contributed by atoms with Crippen molar-refractivity contribution in [2.45, 2.75) is 19.3 Å². The highest BCUT2D eigenvalue weighted by atomic mass is 32.2. The number of amides is 2. The molecule has 1 aliphatic heterocycles. The molecule has 0 fully saturated rings. The molecule has 1 atom stereocenters. The number of ether oxygens (including phenoxy) is 1. The predicted octanol–water partition coefficient (Wildman–Crippen LogP) is 3.93. The molecule has 154 valence electrons. The first-order valence-electron chi connectivity index (χ1n) is 9.35. The van der Waals surface area contributed by atoms with Crippen LogP contribution in [0, 0.1) is 17.1 Å². The number of nitrogens with zero attached hydrogens (tertiary/aromatic N) is 1. The summed E-state index contributed by atoms with van der Waals surface area (Å²) in [5.41, 5.74) is 1.15. The van der Waals surface area contributed by atoms with Gasteiger partial charge in [0.05, 0.1) is 29.0 Å². The summed E-state index contributed by atoms with van der Waals surface area (Å²) in [5, 5.41) is 15.3. The lowest BCUT2D eigenvalue weighted by molar-refractivity contribution is -0.121. The Bertz CT molecular complexity index is 1020. The van der Waals surface area contributed by atoms with Gasteiger partial charge in [0.15, 0.2) is 0 Å². The van der Waals surface area contributed by atoms with Crippen LogP contribution < -0.4 is 15.4 Å². The Morgan fingerprint density at radius 3 is 2.70 bits per heavy atom. The van der Waals surface area contributed by atoms with E-state index in [1.54, 1.807) is 42.5 Å². The largest absolute Gasteiger partial charge is 0.494 e. The predicted molar refractivity (Wildman–Crippen MR) is 113 cm³/mol. The molecule has 8 heteroatoms. The topological polar surface area (TPSA) is 91.2 Å². The quantitative estimate of drug-likeness (QED) is 0.701. The number of carbonyl (C=O) groups is 2. The second-order valence-corrected chi connectivity index (χ2v) is 7.46. The average Bonchev–Trinajstić information content (AvgIpc) is 2.74. The summed E-state index contributed by atoms with van der Waals surface area (Å²) in [4.78, 5) is 24.5. The van der Waals surface area contributed by atoms with Gasteiger partial charge >= 0.3 is 0 Å². The highest BCUT2D eigenvalue weighted by molar-refractivity contribution is 8.03. The maximum Gasteiger partial charge on any atom is 0.234 e. The van der Waals surface area contributed by atoms with Gasteiger partial charge in [0.1, 0.15) is 11.6 Å². The third-order valence-electron chi connectivity index (χ3n) is 4.43. The Labute approximate surface area is 178 Å². The lowest BCUT2D eigenvalue weighted by Crippen LogP contribution is -2.31. The van der Waals surface area contributed by atoms with Crippen LogP contribution in [0.1, 0.15) is 24.8 Å². The van der Waals surface area contributed by atoms with E-state index in [0.717, 1.165) is 11.8 Å². The number of benzene rings is 2. The van der Waals surface area contributed by atoms with Crippen LogP contribution in [0.5, 0.6) is 5.75 Å². The number of hydrogen-bond acceptors (Lipinski definition) is 5. The van der Waals surface area contributed by atoms with Crippen LogP contribution in [0.2, 0.25) is 0 Å². The first kappa shape index (κ1) is 21.4. The third-order valence-corrected chi connectivity index (χ3v) is 5.45. The molecule has 2 N–H and O–H groups in total. The van der Waals surface area contributed by atoms with E-state index in [4.69, 9.17) is 4.74 Å². The van der Waals surface area contributed by atoms with Crippen molar-refractivity contribution in [3.63, 3.8) is 0 Å². The minimum absolute atomic E-state index is 0.0159. The zero-order valence-corrected chi connectivity index (χ0v) is 17.1. The van der Waals surface area contributed by atoms with Gasteiger partial charge < -0.3 is 15.4 Å². The van der Waals surface area contributed by atoms with Gasteiger partial charge in [-0.25, -0.2) is 4.39 Å². The lowest BCUT2D eigenvalue weighted by Gasteiger charge is -2.25. The summed E-state index contributed by atoms with van der Waals surface area (Å²) in [5.74, 6) is -1.08. The van der Waals surface area contributed by atoms with Crippen LogP contribution in [0.4, 0.5) is 10.1 Å². The molecule has 0 radical (unpaired) electrons. The first-order valence-corrected chi connectivity index (χ1v) is 10.3. The fourth-order valence-electron chi connectivity index (χ4n) is 3.09. The van der Waals surface area contributed by atoms with Crippen molar-refractivity contribution in [2.75, 3.05) is 17.7 Å². The fourth-order valence-corrected chi connectivity index (χ4v) is 3.97. The smallest absolute Gasteiger partial charge is 0.234 e. The lowest BCUT2D eigenvalue weighted by atomic mass is 9.87. The van der Waals surface area contributed by atoms with Crippen molar-refractivity contribution in [1.29, 1.82) is 5.26 Å². The average molecular weight is 425 g/mol. The number of hydrogen-bond donors (Lipinski definition) is 2. The van der Waals surface area contributed by atoms with E-state index in [1.165, 1.54) is 6.07 Å². The number of nitrogens with one attached hydrogen (secondary N) is 2. The van der Waals surface area contributed by atoms with Gasteiger partial charge in [-0.05, 0) is 42.8 Å². The summed E-state index contributed by atoms with van der Waals surface area (Å²) in [7, 11) is 0. The summed E-state index contributed by atoms with van der Waals surface area (Å²) in [6.45, 7) is 2.44. The second kappa shape index (κ2) is 9.94. The van der Waals surface area contributed by atoms with Crippen molar-refractivity contribution in [3.05, 3.63) is 70.5 Å². The standard InChI is InChI=1S/C22H20FN3O3S/c1-2-29-15-9-7-14(8-10-15)25-21(28)13-30-22-18(12-24)17(11-20(27)26-22)16-5-3-4-6-19(16)23/h3-10,17H,2,11,13H2,1H3,(H,25,28)(H,26,27)/t17-/m1/s1. The Hall–Kier alpha value is -3.31. The number of carbonyl (C=O) groups excluding carboxylic acids is 2. The van der Waals surface area contributed by atoms with Gasteiger partial charge in [0.25, 0.3) is 0 Å². The van der Waals surface area contributed by atoms with Crippen LogP contribution in [0.25, 0.3) is 0 Å². The van der Waals surface area contributed by atoms with E-state index in [0.29, 0.717) is 23.6 Å². The molecule has 0 bridgehead atoms. The van der Waals surface area contributed by atoms with Gasteiger partial charge in [-0.15, -0.1) is 0 Å². The number of anilines is 1. The highest BCUT2D eigenvalue weighted by Crippen LogP contribution is 2.36. The van der Waals surface area contributed by atoms with Crippen molar-refractivity contribution in [1.82, 2.24) is 5.32 Å². The minimum Gasteiger partial charge on any atom is -0.494 e. The summed E-state index contributed by atoms with van der Waals surface area (Å²) < 4.78 is 19.6. The molecule has 2 aromatic rings. The minimum atomic E-state index is -0.679. The van der Waals surface area contributed by atoms with Crippen LogP contribution in [0.15, 0.2) is 59.1 Å². The Morgan fingerprint density at radius 2 is 2.03 bits per heavy atom. The van der Waals surface area contributed by atoms with Crippen molar-refractivity contribution >= 4 is 29.3 Å². The molecule has 3 rings (SSSR count). The van der Waals surface area contributed by atoms with Crippen LogP contribution >= 0.6 is 11.8 Å². The van der Waals surface area contributed by atoms with Crippen LogP contribution in [-0.2, 0) is 9.59 Å². The molecule has 1 aliphatic rings. The molecule has 2 amide bonds. The molecule has 30 heavy (non-hydrogen) atoms. The van der Waals surface area contributed by atoms with E-state index in [-0.39, 0.29) is 34.6 Å². The Morgan fingerprint density at radius 1 is 1.30 bits per heavy atom. The fraction of sp³-hybridized carbons (Fsp3) is 0.227. The normalized spacial score (nSPS) is 15.9. The van der Waals surface area contributed by atoms with Crippen LogP contribution in [0.3, 0.4) is 0 Å². The zero-order chi connectivity index (χ0) is 21.5. The summed E-state index contributed by atoms with van der Waals surface area (Å²) >= 11 is 1.04. The van der Waals surface area contributed by atoms with Crippen molar-refractivity contribution < 1.29 is 18.7 Å². The number of nitriles is 1. The third kappa shape index (κ3) is 5.19. The first-order chi connectivity index (χ1) is 14.5. The second-order valence-electron chi connectivity index (χ2n) is 6.48. The molecule has 2 aromatic carbocycles. The molecule has 0 saturated heterocycles. The van der Waals surface area contributed by atoms with E-state index >= 15 is 0 Å². The number of allylic oxidation sites excluding steroid dienone is 1.